The second-order valence-electron chi connectivity index (χ2n) is 7.67. The summed E-state index contributed by atoms with van der Waals surface area (Å²) in [6.45, 7) is 3.97. The van der Waals surface area contributed by atoms with Gasteiger partial charge in [0.05, 0.1) is 17.8 Å². The third-order valence-electron chi connectivity index (χ3n) is 5.06. The van der Waals surface area contributed by atoms with Gasteiger partial charge in [0.25, 0.3) is 5.91 Å². The molecule has 0 saturated heterocycles. The van der Waals surface area contributed by atoms with Gasteiger partial charge in [0.15, 0.2) is 0 Å². The van der Waals surface area contributed by atoms with Crippen molar-refractivity contribution in [3.63, 3.8) is 0 Å². The van der Waals surface area contributed by atoms with E-state index in [1.807, 2.05) is 26.0 Å². The van der Waals surface area contributed by atoms with Gasteiger partial charge in [0.1, 0.15) is 5.82 Å². The first-order valence-corrected chi connectivity index (χ1v) is 10.7. The van der Waals surface area contributed by atoms with Crippen molar-refractivity contribution in [2.24, 2.45) is 5.10 Å². The Kier molecular flexibility index (Phi) is 7.04. The lowest BCUT2D eigenvalue weighted by atomic mass is 10.0. The first-order chi connectivity index (χ1) is 17.0. The second-order valence-corrected chi connectivity index (χ2v) is 7.67. The molecule has 0 atom stereocenters. The molecule has 0 radical (unpaired) electrons. The van der Waals surface area contributed by atoms with Crippen molar-refractivity contribution in [3.8, 4) is 6.07 Å². The Morgan fingerprint density at radius 1 is 0.971 bits per heavy atom. The molecule has 0 aliphatic heterocycles. The Labute approximate surface area is 202 Å². The molecule has 35 heavy (non-hydrogen) atoms. The summed E-state index contributed by atoms with van der Waals surface area (Å²) in [5.74, 6) is 0.765. The zero-order valence-corrected chi connectivity index (χ0v) is 19.1. The monoisotopic (exact) mass is 462 g/mol. The third kappa shape index (κ3) is 6.03. The lowest BCUT2D eigenvalue weighted by molar-refractivity contribution is 0.0955. The lowest BCUT2D eigenvalue weighted by Gasteiger charge is -2.14. The normalized spacial score (nSPS) is 10.5. The van der Waals surface area contributed by atoms with Gasteiger partial charge in [0, 0.05) is 35.5 Å². The molecule has 0 saturated carbocycles. The second kappa shape index (κ2) is 10.7. The van der Waals surface area contributed by atoms with Crippen molar-refractivity contribution >= 4 is 35.3 Å². The van der Waals surface area contributed by atoms with Crippen LogP contribution in [0.5, 0.6) is 0 Å². The van der Waals surface area contributed by atoms with E-state index in [4.69, 9.17) is 5.26 Å². The van der Waals surface area contributed by atoms with E-state index in [9.17, 15) is 4.79 Å². The quantitative estimate of drug-likeness (QED) is 0.270. The van der Waals surface area contributed by atoms with Crippen molar-refractivity contribution in [1.82, 2.24) is 20.4 Å². The molecule has 0 spiro atoms. The average Bonchev–Trinajstić information content (AvgIpc) is 2.87. The van der Waals surface area contributed by atoms with Crippen LogP contribution >= 0.6 is 0 Å². The molecule has 4 aromatic rings. The van der Waals surface area contributed by atoms with E-state index < -0.39 is 0 Å². The molecule has 3 N–H and O–H groups in total. The third-order valence-corrected chi connectivity index (χ3v) is 5.06. The molecule has 2 aromatic heterocycles. The number of anilines is 4. The summed E-state index contributed by atoms with van der Waals surface area (Å²) in [6, 6.07) is 18.1. The summed E-state index contributed by atoms with van der Waals surface area (Å²) < 4.78 is 0. The number of rotatable bonds is 7. The van der Waals surface area contributed by atoms with Gasteiger partial charge in [-0.15, -0.1) is 0 Å². The number of hydrogen-bond acceptors (Lipinski definition) is 8. The largest absolute Gasteiger partial charge is 0.340 e. The van der Waals surface area contributed by atoms with E-state index in [-0.39, 0.29) is 5.91 Å². The van der Waals surface area contributed by atoms with Crippen LogP contribution in [0.15, 0.2) is 78.3 Å². The highest BCUT2D eigenvalue weighted by Crippen LogP contribution is 2.25. The van der Waals surface area contributed by atoms with Crippen molar-refractivity contribution in [2.45, 2.75) is 13.8 Å². The Hall–Kier alpha value is -5.10. The van der Waals surface area contributed by atoms with Crippen LogP contribution in [0.4, 0.5) is 23.1 Å². The van der Waals surface area contributed by atoms with Gasteiger partial charge in [-0.2, -0.15) is 15.3 Å². The van der Waals surface area contributed by atoms with Crippen LogP contribution in [0.3, 0.4) is 0 Å². The first-order valence-electron chi connectivity index (χ1n) is 10.7. The van der Waals surface area contributed by atoms with E-state index in [0.29, 0.717) is 22.9 Å². The van der Waals surface area contributed by atoms with Crippen LogP contribution in [0.25, 0.3) is 0 Å². The Balaban J connectivity index is 1.43. The molecule has 0 aliphatic carbocycles. The van der Waals surface area contributed by atoms with Gasteiger partial charge in [-0.1, -0.05) is 0 Å². The van der Waals surface area contributed by atoms with Crippen LogP contribution in [-0.2, 0) is 0 Å². The Bertz CT molecular complexity index is 1390. The molecular formula is C26H22N8O. The molecule has 0 unspecified atom stereocenters. The topological polar surface area (TPSA) is 128 Å². The molecule has 2 heterocycles. The summed E-state index contributed by atoms with van der Waals surface area (Å²) >= 11 is 0. The summed E-state index contributed by atoms with van der Waals surface area (Å²) in [6.07, 6.45) is 6.38. The number of pyridine rings is 1. The number of hydrogen-bond donors (Lipinski definition) is 3. The zero-order chi connectivity index (χ0) is 24.6. The molecule has 4 rings (SSSR count). The number of carbonyl (C=O) groups is 1. The van der Waals surface area contributed by atoms with Crippen LogP contribution in [0, 0.1) is 25.2 Å². The number of aryl methyl sites for hydroxylation is 2. The molecule has 9 heteroatoms. The zero-order valence-electron chi connectivity index (χ0n) is 19.1. The number of nitriles is 1. The van der Waals surface area contributed by atoms with Crippen LogP contribution < -0.4 is 16.1 Å². The van der Waals surface area contributed by atoms with Crippen molar-refractivity contribution in [2.75, 3.05) is 10.6 Å². The number of nitrogens with one attached hydrogen (secondary N) is 3. The van der Waals surface area contributed by atoms with Crippen molar-refractivity contribution in [1.29, 1.82) is 5.26 Å². The predicted octanol–water partition coefficient (Wildman–Crippen LogP) is 4.61. The van der Waals surface area contributed by atoms with Crippen LogP contribution in [-0.4, -0.2) is 27.1 Å². The first kappa shape index (κ1) is 23.1. The SMILES string of the molecule is Cc1cc(/C=N\NC(=O)c2ccncc2)cc(C)c1Nc1ccnc(Nc2ccc(C#N)cc2)n1. The number of amides is 1. The fraction of sp³-hybridized carbons (Fsp3) is 0.0769. The summed E-state index contributed by atoms with van der Waals surface area (Å²) in [5, 5.41) is 19.5. The standard InChI is InChI=1S/C26H22N8O/c1-17-13-20(16-30-34-25(35)21-7-10-28-11-8-21)14-18(2)24(17)32-23-9-12-29-26(33-23)31-22-5-3-19(15-27)4-6-22/h3-14,16H,1-2H3,(H,34,35)(H2,29,31,32,33)/b30-16-. The smallest absolute Gasteiger partial charge is 0.271 e. The average molecular weight is 463 g/mol. The van der Waals surface area contributed by atoms with Gasteiger partial charge in [-0.25, -0.2) is 10.4 Å². The lowest BCUT2D eigenvalue weighted by Crippen LogP contribution is -2.17. The molecule has 1 amide bonds. The van der Waals surface area contributed by atoms with Gasteiger partial charge >= 0.3 is 0 Å². The molecule has 172 valence electrons. The fourth-order valence-corrected chi connectivity index (χ4v) is 3.38. The number of nitrogens with zero attached hydrogens (tertiary/aromatic N) is 5. The van der Waals surface area contributed by atoms with Gasteiger partial charge < -0.3 is 10.6 Å². The van der Waals surface area contributed by atoms with E-state index in [2.05, 4.69) is 42.2 Å². The molecule has 0 bridgehead atoms. The highest BCUT2D eigenvalue weighted by molar-refractivity contribution is 5.94. The minimum atomic E-state index is -0.301. The minimum absolute atomic E-state index is 0.301. The Morgan fingerprint density at radius 2 is 1.69 bits per heavy atom. The molecule has 0 fully saturated rings. The highest BCUT2D eigenvalue weighted by atomic mass is 16.2. The van der Waals surface area contributed by atoms with E-state index in [0.717, 1.165) is 28.1 Å². The summed E-state index contributed by atoms with van der Waals surface area (Å²) in [7, 11) is 0. The van der Waals surface area contributed by atoms with Crippen LogP contribution in [0.1, 0.15) is 32.6 Å². The summed E-state index contributed by atoms with van der Waals surface area (Å²) in [5.41, 5.74) is 8.14. The van der Waals surface area contributed by atoms with Gasteiger partial charge in [0.2, 0.25) is 5.95 Å². The number of aromatic nitrogens is 3. The molecular weight excluding hydrogens is 440 g/mol. The highest BCUT2D eigenvalue weighted by Gasteiger charge is 2.08. The van der Waals surface area contributed by atoms with Crippen molar-refractivity contribution in [3.05, 3.63) is 101 Å². The molecule has 2 aromatic carbocycles. The Morgan fingerprint density at radius 3 is 2.37 bits per heavy atom. The van der Waals surface area contributed by atoms with E-state index >= 15 is 0 Å². The van der Waals surface area contributed by atoms with E-state index in [1.165, 1.54) is 0 Å². The fourth-order valence-electron chi connectivity index (χ4n) is 3.38. The number of carbonyl (C=O) groups excluding carboxylic acids is 1. The van der Waals surface area contributed by atoms with Gasteiger partial charge in [-0.05, 0) is 85.1 Å². The summed E-state index contributed by atoms with van der Waals surface area (Å²) in [4.78, 5) is 24.8. The van der Waals surface area contributed by atoms with Crippen LogP contribution in [0.2, 0.25) is 0 Å². The van der Waals surface area contributed by atoms with E-state index in [1.54, 1.807) is 67.3 Å². The predicted molar refractivity (Wildman–Crippen MR) is 135 cm³/mol. The maximum Gasteiger partial charge on any atom is 0.271 e. The molecule has 0 aliphatic rings. The van der Waals surface area contributed by atoms with Gasteiger partial charge in [-0.3, -0.25) is 9.78 Å². The maximum absolute atomic E-state index is 12.1. The number of hydrazone groups is 1. The van der Waals surface area contributed by atoms with Crippen molar-refractivity contribution < 1.29 is 4.79 Å². The molecule has 9 nitrogen and oxygen atoms in total. The minimum Gasteiger partial charge on any atom is -0.340 e. The number of benzene rings is 2. The maximum atomic E-state index is 12.1.